The highest BCUT2D eigenvalue weighted by Crippen LogP contribution is 2.15. The summed E-state index contributed by atoms with van der Waals surface area (Å²) in [6.45, 7) is 10.3. The van der Waals surface area contributed by atoms with Gasteiger partial charge in [0.15, 0.2) is 0 Å². The molecule has 0 heterocycles. The third kappa shape index (κ3) is 5.65. The van der Waals surface area contributed by atoms with Crippen LogP contribution in [0, 0.1) is 0 Å². The zero-order valence-corrected chi connectivity index (χ0v) is 12.0. The lowest BCUT2D eigenvalue weighted by atomic mass is 10.00. The highest BCUT2D eigenvalue weighted by molar-refractivity contribution is 5.24. The second kappa shape index (κ2) is 9.12. The molecule has 0 saturated heterocycles. The highest BCUT2D eigenvalue weighted by Gasteiger charge is 2.04. The van der Waals surface area contributed by atoms with Crippen molar-refractivity contribution in [1.82, 2.24) is 5.32 Å². The fraction of sp³-hybridized carbons (Fsp3) is 0.625. The van der Waals surface area contributed by atoms with Crippen molar-refractivity contribution in [2.45, 2.75) is 46.1 Å². The molecule has 0 aliphatic heterocycles. The van der Waals surface area contributed by atoms with E-state index in [0.717, 1.165) is 32.7 Å². The Balaban J connectivity index is 2.38. The molecule has 0 aromatic heterocycles. The molecule has 0 saturated carbocycles. The molecule has 0 aliphatic carbocycles. The SMILES string of the molecule is CCCNCC(C)c1ccc(COCCC)cc1. The van der Waals surface area contributed by atoms with E-state index >= 15 is 0 Å². The van der Waals surface area contributed by atoms with E-state index in [1.165, 1.54) is 17.5 Å². The summed E-state index contributed by atoms with van der Waals surface area (Å²) < 4.78 is 5.54. The van der Waals surface area contributed by atoms with Crippen LogP contribution in [0.2, 0.25) is 0 Å². The maximum atomic E-state index is 5.54. The minimum absolute atomic E-state index is 0.571. The molecular weight excluding hydrogens is 222 g/mol. The summed E-state index contributed by atoms with van der Waals surface area (Å²) in [5.74, 6) is 0.571. The van der Waals surface area contributed by atoms with E-state index in [0.29, 0.717) is 5.92 Å². The van der Waals surface area contributed by atoms with Crippen molar-refractivity contribution in [2.24, 2.45) is 0 Å². The number of ether oxygens (including phenoxy) is 1. The molecule has 1 atom stereocenters. The van der Waals surface area contributed by atoms with Gasteiger partial charge in [-0.05, 0) is 36.4 Å². The molecule has 0 aliphatic rings. The standard InChI is InChI=1S/C16H27NO/c1-4-10-17-12-14(3)16-8-6-15(7-9-16)13-18-11-5-2/h6-9,14,17H,4-5,10-13H2,1-3H3. The van der Waals surface area contributed by atoms with E-state index in [9.17, 15) is 0 Å². The van der Waals surface area contributed by atoms with Crippen LogP contribution >= 0.6 is 0 Å². The van der Waals surface area contributed by atoms with E-state index in [1.54, 1.807) is 0 Å². The lowest BCUT2D eigenvalue weighted by Gasteiger charge is -2.13. The average Bonchev–Trinajstić information content (AvgIpc) is 2.40. The molecule has 0 radical (unpaired) electrons. The first-order valence-corrected chi connectivity index (χ1v) is 7.15. The minimum Gasteiger partial charge on any atom is -0.377 e. The quantitative estimate of drug-likeness (QED) is 0.674. The van der Waals surface area contributed by atoms with E-state index in [-0.39, 0.29) is 0 Å². The zero-order chi connectivity index (χ0) is 13.2. The number of hydrogen-bond acceptors (Lipinski definition) is 2. The monoisotopic (exact) mass is 249 g/mol. The first-order valence-electron chi connectivity index (χ1n) is 7.15. The zero-order valence-electron chi connectivity index (χ0n) is 12.0. The number of rotatable bonds is 9. The maximum Gasteiger partial charge on any atom is 0.0716 e. The van der Waals surface area contributed by atoms with E-state index < -0.39 is 0 Å². The van der Waals surface area contributed by atoms with Gasteiger partial charge in [0.25, 0.3) is 0 Å². The predicted octanol–water partition coefficient (Wildman–Crippen LogP) is 3.72. The fourth-order valence-corrected chi connectivity index (χ4v) is 1.89. The largest absolute Gasteiger partial charge is 0.377 e. The molecule has 0 fully saturated rings. The summed E-state index contributed by atoms with van der Waals surface area (Å²) in [4.78, 5) is 0. The van der Waals surface area contributed by atoms with Crippen molar-refractivity contribution in [1.29, 1.82) is 0 Å². The summed E-state index contributed by atoms with van der Waals surface area (Å²) in [7, 11) is 0. The molecular formula is C16H27NO. The van der Waals surface area contributed by atoms with Crippen molar-refractivity contribution in [2.75, 3.05) is 19.7 Å². The second-order valence-electron chi connectivity index (χ2n) is 4.90. The third-order valence-corrected chi connectivity index (χ3v) is 3.04. The van der Waals surface area contributed by atoms with Gasteiger partial charge >= 0.3 is 0 Å². The molecule has 2 nitrogen and oxygen atoms in total. The Hall–Kier alpha value is -0.860. The average molecular weight is 249 g/mol. The van der Waals surface area contributed by atoms with Crippen LogP contribution in [-0.2, 0) is 11.3 Å². The van der Waals surface area contributed by atoms with Crippen LogP contribution in [0.3, 0.4) is 0 Å². The summed E-state index contributed by atoms with van der Waals surface area (Å²) in [5, 5.41) is 3.47. The molecule has 102 valence electrons. The first kappa shape index (κ1) is 15.2. The first-order chi connectivity index (χ1) is 8.77. The van der Waals surface area contributed by atoms with Crippen molar-refractivity contribution in [3.63, 3.8) is 0 Å². The van der Waals surface area contributed by atoms with Crippen LogP contribution in [0.5, 0.6) is 0 Å². The number of benzene rings is 1. The van der Waals surface area contributed by atoms with Gasteiger partial charge in [-0.25, -0.2) is 0 Å². The van der Waals surface area contributed by atoms with E-state index in [4.69, 9.17) is 4.74 Å². The van der Waals surface area contributed by atoms with Gasteiger partial charge in [0.2, 0.25) is 0 Å². The highest BCUT2D eigenvalue weighted by atomic mass is 16.5. The van der Waals surface area contributed by atoms with Gasteiger partial charge in [-0.3, -0.25) is 0 Å². The Labute approximate surface area is 112 Å². The Kier molecular flexibility index (Phi) is 7.70. The van der Waals surface area contributed by atoms with Crippen molar-refractivity contribution >= 4 is 0 Å². The van der Waals surface area contributed by atoms with Crippen LogP contribution in [0.15, 0.2) is 24.3 Å². The van der Waals surface area contributed by atoms with Crippen LogP contribution in [-0.4, -0.2) is 19.7 Å². The number of hydrogen-bond donors (Lipinski definition) is 1. The second-order valence-corrected chi connectivity index (χ2v) is 4.90. The van der Waals surface area contributed by atoms with Crippen LogP contribution < -0.4 is 5.32 Å². The summed E-state index contributed by atoms with van der Waals surface area (Å²) >= 11 is 0. The van der Waals surface area contributed by atoms with Gasteiger partial charge in [-0.15, -0.1) is 0 Å². The van der Waals surface area contributed by atoms with E-state index in [2.05, 4.69) is 50.4 Å². The van der Waals surface area contributed by atoms with Gasteiger partial charge < -0.3 is 10.1 Å². The fourth-order valence-electron chi connectivity index (χ4n) is 1.89. The normalized spacial score (nSPS) is 12.6. The van der Waals surface area contributed by atoms with Crippen LogP contribution in [0.25, 0.3) is 0 Å². The van der Waals surface area contributed by atoms with Gasteiger partial charge in [0.05, 0.1) is 6.61 Å². The van der Waals surface area contributed by atoms with Gasteiger partial charge in [0.1, 0.15) is 0 Å². The smallest absolute Gasteiger partial charge is 0.0716 e. The molecule has 1 N–H and O–H groups in total. The predicted molar refractivity (Wildman–Crippen MR) is 78.0 cm³/mol. The van der Waals surface area contributed by atoms with Crippen molar-refractivity contribution in [3.8, 4) is 0 Å². The minimum atomic E-state index is 0.571. The van der Waals surface area contributed by atoms with E-state index in [1.807, 2.05) is 0 Å². The van der Waals surface area contributed by atoms with Crippen molar-refractivity contribution in [3.05, 3.63) is 35.4 Å². The Morgan fingerprint density at radius 2 is 1.83 bits per heavy atom. The van der Waals surface area contributed by atoms with Gasteiger partial charge in [-0.2, -0.15) is 0 Å². The molecule has 0 bridgehead atoms. The summed E-state index contributed by atoms with van der Waals surface area (Å²) in [6.07, 6.45) is 2.28. The maximum absolute atomic E-state index is 5.54. The molecule has 1 aromatic rings. The Morgan fingerprint density at radius 1 is 1.11 bits per heavy atom. The molecule has 1 aromatic carbocycles. The topological polar surface area (TPSA) is 21.3 Å². The van der Waals surface area contributed by atoms with Crippen LogP contribution in [0.1, 0.15) is 50.7 Å². The lowest BCUT2D eigenvalue weighted by Crippen LogP contribution is -2.20. The molecule has 0 spiro atoms. The molecule has 1 unspecified atom stereocenters. The lowest BCUT2D eigenvalue weighted by molar-refractivity contribution is 0.121. The van der Waals surface area contributed by atoms with Crippen LogP contribution in [0.4, 0.5) is 0 Å². The molecule has 1 rings (SSSR count). The molecule has 18 heavy (non-hydrogen) atoms. The van der Waals surface area contributed by atoms with Gasteiger partial charge in [0, 0.05) is 13.2 Å². The van der Waals surface area contributed by atoms with Gasteiger partial charge in [-0.1, -0.05) is 45.0 Å². The summed E-state index contributed by atoms with van der Waals surface area (Å²) in [6, 6.07) is 8.81. The van der Waals surface area contributed by atoms with Crippen molar-refractivity contribution < 1.29 is 4.74 Å². The Bertz CT molecular complexity index is 307. The molecule has 0 amide bonds. The molecule has 2 heteroatoms. The third-order valence-electron chi connectivity index (χ3n) is 3.04. The summed E-state index contributed by atoms with van der Waals surface area (Å²) in [5.41, 5.74) is 2.67. The number of nitrogens with one attached hydrogen (secondary N) is 1. The Morgan fingerprint density at radius 3 is 2.44 bits per heavy atom.